The van der Waals surface area contributed by atoms with Crippen molar-refractivity contribution >= 4 is 28.4 Å². The van der Waals surface area contributed by atoms with Gasteiger partial charge in [0, 0.05) is 29.1 Å². The highest BCUT2D eigenvalue weighted by molar-refractivity contribution is 6.33. The first-order chi connectivity index (χ1) is 16.7. The van der Waals surface area contributed by atoms with Gasteiger partial charge in [0.1, 0.15) is 0 Å². The Bertz CT molecular complexity index is 1390. The second-order valence-electron chi connectivity index (χ2n) is 8.18. The molecule has 0 aliphatic rings. The quantitative estimate of drug-likeness (QED) is 0.263. The van der Waals surface area contributed by atoms with Crippen molar-refractivity contribution in [2.24, 2.45) is 0 Å². The van der Waals surface area contributed by atoms with E-state index >= 15 is 0 Å². The summed E-state index contributed by atoms with van der Waals surface area (Å²) in [5.41, 5.74) is 5.04. The second-order valence-corrected chi connectivity index (χ2v) is 8.59. The molecule has 0 unspecified atom stereocenters. The maximum Gasteiger partial charge on any atom is 0.255 e. The molecule has 4 aromatic carbocycles. The molecule has 5 rings (SSSR count). The number of hydrogen-bond acceptors (Lipinski definition) is 2. The third-order valence-corrected chi connectivity index (χ3v) is 6.15. The first-order valence-corrected chi connectivity index (χ1v) is 11.6. The Kier molecular flexibility index (Phi) is 6.37. The van der Waals surface area contributed by atoms with E-state index in [0.29, 0.717) is 29.4 Å². The van der Waals surface area contributed by atoms with Crippen molar-refractivity contribution in [1.82, 2.24) is 9.88 Å². The van der Waals surface area contributed by atoms with Crippen LogP contribution in [0, 0.1) is 0 Å². The zero-order valence-corrected chi connectivity index (χ0v) is 19.3. The molecule has 0 radical (unpaired) electrons. The number of para-hydroxylation sites is 1. The molecule has 0 saturated carbocycles. The maximum atomic E-state index is 14.1. The third-order valence-electron chi connectivity index (χ3n) is 5.82. The predicted octanol–water partition coefficient (Wildman–Crippen LogP) is 7.40. The van der Waals surface area contributed by atoms with Crippen LogP contribution in [0.15, 0.2) is 115 Å². The van der Waals surface area contributed by atoms with Crippen LogP contribution in [-0.2, 0) is 13.1 Å². The fourth-order valence-electron chi connectivity index (χ4n) is 4.14. The topological polar surface area (TPSA) is 33.2 Å². The first kappa shape index (κ1) is 21.9. The number of carbonyl (C=O) groups excluding carboxylic acids is 1. The standard InChI is InChI=1S/C30H23ClN2O/c31-27-17-9-7-16-25(27)29-19-26(24-15-8-10-18-28(24)32-29)30(34)33(20-22-11-3-1-4-12-22)21-23-13-5-2-6-14-23/h1-19H,20-21H2. The van der Waals surface area contributed by atoms with Crippen molar-refractivity contribution in [1.29, 1.82) is 0 Å². The zero-order valence-electron chi connectivity index (χ0n) is 18.6. The van der Waals surface area contributed by atoms with Gasteiger partial charge in [-0.2, -0.15) is 0 Å². The molecule has 1 amide bonds. The van der Waals surface area contributed by atoms with Crippen molar-refractivity contribution < 1.29 is 4.79 Å². The van der Waals surface area contributed by atoms with Crippen molar-refractivity contribution in [3.8, 4) is 11.3 Å². The minimum absolute atomic E-state index is 0.0420. The lowest BCUT2D eigenvalue weighted by Gasteiger charge is -2.24. The Labute approximate surface area is 204 Å². The Morgan fingerprint density at radius 1 is 0.706 bits per heavy atom. The molecule has 5 aromatic rings. The van der Waals surface area contributed by atoms with Gasteiger partial charge in [-0.15, -0.1) is 0 Å². The number of carbonyl (C=O) groups is 1. The lowest BCUT2D eigenvalue weighted by molar-refractivity contribution is 0.0732. The summed E-state index contributed by atoms with van der Waals surface area (Å²) in [6, 6.07) is 37.4. The molecule has 1 heterocycles. The van der Waals surface area contributed by atoms with Gasteiger partial charge in [-0.1, -0.05) is 109 Å². The molecule has 0 fully saturated rings. The van der Waals surface area contributed by atoms with E-state index in [1.807, 2.05) is 120 Å². The summed E-state index contributed by atoms with van der Waals surface area (Å²) in [7, 11) is 0. The van der Waals surface area contributed by atoms with Crippen LogP contribution in [0.2, 0.25) is 5.02 Å². The molecule has 1 aromatic heterocycles. The number of nitrogens with zero attached hydrogens (tertiary/aromatic N) is 2. The smallest absolute Gasteiger partial charge is 0.255 e. The highest BCUT2D eigenvalue weighted by atomic mass is 35.5. The van der Waals surface area contributed by atoms with Crippen LogP contribution in [0.1, 0.15) is 21.5 Å². The average molecular weight is 463 g/mol. The molecular weight excluding hydrogens is 440 g/mol. The lowest BCUT2D eigenvalue weighted by Crippen LogP contribution is -2.30. The van der Waals surface area contributed by atoms with Crippen molar-refractivity contribution in [2.45, 2.75) is 13.1 Å². The van der Waals surface area contributed by atoms with E-state index in [2.05, 4.69) is 0 Å². The van der Waals surface area contributed by atoms with E-state index < -0.39 is 0 Å². The minimum Gasteiger partial charge on any atom is -0.330 e. The highest BCUT2D eigenvalue weighted by Gasteiger charge is 2.21. The summed E-state index contributed by atoms with van der Waals surface area (Å²) in [6.45, 7) is 1.01. The Morgan fingerprint density at radius 2 is 1.26 bits per heavy atom. The summed E-state index contributed by atoms with van der Waals surface area (Å²) in [5.74, 6) is -0.0420. The molecular formula is C30H23ClN2O. The van der Waals surface area contributed by atoms with Crippen molar-refractivity contribution in [3.63, 3.8) is 0 Å². The van der Waals surface area contributed by atoms with Gasteiger partial charge in [-0.05, 0) is 29.3 Å². The number of pyridine rings is 1. The monoisotopic (exact) mass is 462 g/mol. The lowest BCUT2D eigenvalue weighted by atomic mass is 10.0. The van der Waals surface area contributed by atoms with Crippen molar-refractivity contribution in [2.75, 3.05) is 0 Å². The van der Waals surface area contributed by atoms with E-state index in [9.17, 15) is 4.79 Å². The maximum absolute atomic E-state index is 14.1. The summed E-state index contributed by atoms with van der Waals surface area (Å²) in [6.07, 6.45) is 0. The van der Waals surface area contributed by atoms with Crippen LogP contribution >= 0.6 is 11.6 Å². The van der Waals surface area contributed by atoms with E-state index in [4.69, 9.17) is 16.6 Å². The Morgan fingerprint density at radius 3 is 1.91 bits per heavy atom. The number of halogens is 1. The number of aromatic nitrogens is 1. The molecule has 0 saturated heterocycles. The number of benzene rings is 4. The van der Waals surface area contributed by atoms with Crippen LogP contribution in [0.25, 0.3) is 22.2 Å². The molecule has 0 aliphatic carbocycles. The minimum atomic E-state index is -0.0420. The van der Waals surface area contributed by atoms with Crippen LogP contribution in [0.3, 0.4) is 0 Å². The Hall–Kier alpha value is -3.95. The van der Waals surface area contributed by atoms with Crippen LogP contribution in [0.4, 0.5) is 0 Å². The highest BCUT2D eigenvalue weighted by Crippen LogP contribution is 2.30. The Balaban J connectivity index is 1.61. The van der Waals surface area contributed by atoms with E-state index in [1.165, 1.54) is 0 Å². The first-order valence-electron chi connectivity index (χ1n) is 11.2. The van der Waals surface area contributed by atoms with Crippen LogP contribution in [0.5, 0.6) is 0 Å². The number of fused-ring (bicyclic) bond motifs is 1. The molecule has 4 heteroatoms. The fraction of sp³-hybridized carbons (Fsp3) is 0.0667. The normalized spacial score (nSPS) is 10.9. The largest absolute Gasteiger partial charge is 0.330 e. The van der Waals surface area contributed by atoms with E-state index in [0.717, 1.165) is 27.6 Å². The molecule has 0 atom stereocenters. The molecule has 0 spiro atoms. The van der Waals surface area contributed by atoms with Crippen LogP contribution < -0.4 is 0 Å². The van der Waals surface area contributed by atoms with Gasteiger partial charge < -0.3 is 4.90 Å². The molecule has 3 nitrogen and oxygen atoms in total. The average Bonchev–Trinajstić information content (AvgIpc) is 2.89. The third kappa shape index (κ3) is 4.70. The molecule has 34 heavy (non-hydrogen) atoms. The van der Waals surface area contributed by atoms with E-state index in [-0.39, 0.29) is 5.91 Å². The van der Waals surface area contributed by atoms with Crippen LogP contribution in [-0.4, -0.2) is 15.8 Å². The van der Waals surface area contributed by atoms with Gasteiger partial charge in [0.05, 0.1) is 16.8 Å². The van der Waals surface area contributed by atoms with E-state index in [1.54, 1.807) is 0 Å². The molecule has 0 aliphatic heterocycles. The summed E-state index contributed by atoms with van der Waals surface area (Å²) >= 11 is 6.48. The predicted molar refractivity (Wildman–Crippen MR) is 139 cm³/mol. The summed E-state index contributed by atoms with van der Waals surface area (Å²) < 4.78 is 0. The van der Waals surface area contributed by atoms with Gasteiger partial charge in [0.2, 0.25) is 0 Å². The number of amides is 1. The second kappa shape index (κ2) is 9.90. The van der Waals surface area contributed by atoms with Gasteiger partial charge in [-0.3, -0.25) is 4.79 Å². The van der Waals surface area contributed by atoms with Gasteiger partial charge in [-0.25, -0.2) is 4.98 Å². The van der Waals surface area contributed by atoms with Crippen molar-refractivity contribution in [3.05, 3.63) is 137 Å². The zero-order chi connectivity index (χ0) is 23.3. The number of rotatable bonds is 6. The molecule has 166 valence electrons. The molecule has 0 N–H and O–H groups in total. The summed E-state index contributed by atoms with van der Waals surface area (Å²) in [5, 5.41) is 1.43. The van der Waals surface area contributed by atoms with Gasteiger partial charge >= 0.3 is 0 Å². The van der Waals surface area contributed by atoms with Gasteiger partial charge in [0.15, 0.2) is 0 Å². The SMILES string of the molecule is O=C(c1cc(-c2ccccc2Cl)nc2ccccc12)N(Cc1ccccc1)Cc1ccccc1. The molecule has 0 bridgehead atoms. The van der Waals surface area contributed by atoms with Gasteiger partial charge in [0.25, 0.3) is 5.91 Å². The number of hydrogen-bond donors (Lipinski definition) is 0. The summed E-state index contributed by atoms with van der Waals surface area (Å²) in [4.78, 5) is 20.8. The fourth-order valence-corrected chi connectivity index (χ4v) is 4.37.